The summed E-state index contributed by atoms with van der Waals surface area (Å²) in [6, 6.07) is 5.98. The average molecular weight is 290 g/mol. The second kappa shape index (κ2) is 5.56. The van der Waals surface area contributed by atoms with Crippen LogP contribution in [0.25, 0.3) is 0 Å². The monoisotopic (exact) mass is 290 g/mol. The highest BCUT2D eigenvalue weighted by Gasteiger charge is 2.39. The second-order valence-electron chi connectivity index (χ2n) is 5.99. The van der Waals surface area contributed by atoms with Gasteiger partial charge in [0.05, 0.1) is 5.54 Å². The topological polar surface area (TPSA) is 64.8 Å². The molecule has 2 heterocycles. The lowest BCUT2D eigenvalue weighted by Gasteiger charge is -2.42. The van der Waals surface area contributed by atoms with Crippen LogP contribution in [0.15, 0.2) is 18.2 Å². The molecular formula is C16H22N2O3. The van der Waals surface area contributed by atoms with E-state index >= 15 is 0 Å². The van der Waals surface area contributed by atoms with Gasteiger partial charge in [-0.05, 0) is 50.4 Å². The zero-order valence-electron chi connectivity index (χ0n) is 12.4. The fraction of sp³-hybridized carbons (Fsp3) is 0.562. The molecule has 1 aromatic carbocycles. The summed E-state index contributed by atoms with van der Waals surface area (Å²) in [5, 5.41) is 0. The van der Waals surface area contributed by atoms with Crippen molar-refractivity contribution in [2.75, 3.05) is 19.8 Å². The first-order chi connectivity index (χ1) is 10.1. The molecule has 0 bridgehead atoms. The largest absolute Gasteiger partial charge is 0.486 e. The maximum Gasteiger partial charge on any atom is 0.237 e. The normalized spacial score (nSPS) is 25.6. The third-order valence-electron chi connectivity index (χ3n) is 4.55. The summed E-state index contributed by atoms with van der Waals surface area (Å²) in [5.74, 6) is 1.34. The van der Waals surface area contributed by atoms with Gasteiger partial charge < -0.3 is 15.2 Å². The fourth-order valence-electron chi connectivity index (χ4n) is 3.12. The summed E-state index contributed by atoms with van der Waals surface area (Å²) < 4.78 is 11.2. The molecule has 0 aromatic heterocycles. The first kappa shape index (κ1) is 14.2. The zero-order valence-corrected chi connectivity index (χ0v) is 12.4. The number of ether oxygens (including phenoxy) is 2. The number of primary amides is 1. The molecule has 2 aliphatic heterocycles. The highest BCUT2D eigenvalue weighted by molar-refractivity contribution is 5.84. The minimum absolute atomic E-state index is 0.236. The number of rotatable bonds is 3. The predicted octanol–water partition coefficient (Wildman–Crippen LogP) is 1.69. The molecule has 0 saturated carbocycles. The molecule has 1 atom stereocenters. The third kappa shape index (κ3) is 2.70. The number of amides is 1. The van der Waals surface area contributed by atoms with Gasteiger partial charge in [-0.1, -0.05) is 6.07 Å². The molecule has 5 heteroatoms. The van der Waals surface area contributed by atoms with E-state index in [-0.39, 0.29) is 5.91 Å². The Hall–Kier alpha value is -1.75. The summed E-state index contributed by atoms with van der Waals surface area (Å²) in [7, 11) is 0. The number of hydrogen-bond acceptors (Lipinski definition) is 4. The van der Waals surface area contributed by atoms with Gasteiger partial charge in [0.1, 0.15) is 13.2 Å². The molecule has 2 N–H and O–H groups in total. The van der Waals surface area contributed by atoms with Crippen LogP contribution in [0.5, 0.6) is 11.5 Å². The number of carbonyl (C=O) groups is 1. The standard InChI is InChI=1S/C16H22N2O3/c1-16(15(17)19)6-2-3-7-18(16)11-12-4-5-13-14(10-12)21-9-8-20-13/h4-5,10H,2-3,6-9,11H2,1H3,(H2,17,19). The van der Waals surface area contributed by atoms with E-state index in [1.54, 1.807) is 0 Å². The summed E-state index contributed by atoms with van der Waals surface area (Å²) in [6.45, 7) is 4.73. The lowest BCUT2D eigenvalue weighted by atomic mass is 9.87. The molecule has 0 radical (unpaired) electrons. The van der Waals surface area contributed by atoms with Gasteiger partial charge in [-0.2, -0.15) is 0 Å². The Kier molecular flexibility index (Phi) is 3.76. The van der Waals surface area contributed by atoms with Crippen LogP contribution in [0.3, 0.4) is 0 Å². The Labute approximate surface area is 125 Å². The summed E-state index contributed by atoms with van der Waals surface area (Å²) in [6.07, 6.45) is 2.98. The number of fused-ring (bicyclic) bond motifs is 1. The van der Waals surface area contributed by atoms with Crippen LogP contribution < -0.4 is 15.2 Å². The number of nitrogens with zero attached hydrogens (tertiary/aromatic N) is 1. The third-order valence-corrected chi connectivity index (χ3v) is 4.55. The van der Waals surface area contributed by atoms with Crippen LogP contribution in [-0.2, 0) is 11.3 Å². The molecule has 1 fully saturated rings. The molecule has 1 unspecified atom stereocenters. The van der Waals surface area contributed by atoms with Crippen molar-refractivity contribution in [1.82, 2.24) is 4.90 Å². The van der Waals surface area contributed by atoms with E-state index in [1.165, 1.54) is 0 Å². The van der Waals surface area contributed by atoms with Gasteiger partial charge in [0.25, 0.3) is 0 Å². The number of piperidine rings is 1. The van der Waals surface area contributed by atoms with Gasteiger partial charge in [0.15, 0.2) is 11.5 Å². The smallest absolute Gasteiger partial charge is 0.237 e. The van der Waals surface area contributed by atoms with Gasteiger partial charge in [0.2, 0.25) is 5.91 Å². The van der Waals surface area contributed by atoms with Crippen molar-refractivity contribution >= 4 is 5.91 Å². The quantitative estimate of drug-likeness (QED) is 0.920. The molecule has 0 aliphatic carbocycles. The fourth-order valence-corrected chi connectivity index (χ4v) is 3.12. The highest BCUT2D eigenvalue weighted by Crippen LogP contribution is 2.33. The van der Waals surface area contributed by atoms with Crippen LogP contribution in [0, 0.1) is 0 Å². The molecule has 114 valence electrons. The van der Waals surface area contributed by atoms with Crippen molar-refractivity contribution in [3.63, 3.8) is 0 Å². The van der Waals surface area contributed by atoms with Crippen molar-refractivity contribution in [2.24, 2.45) is 5.73 Å². The minimum atomic E-state index is -0.550. The van der Waals surface area contributed by atoms with Crippen molar-refractivity contribution in [3.8, 4) is 11.5 Å². The Morgan fingerprint density at radius 2 is 2.05 bits per heavy atom. The van der Waals surface area contributed by atoms with Crippen molar-refractivity contribution in [1.29, 1.82) is 0 Å². The van der Waals surface area contributed by atoms with Gasteiger partial charge in [0, 0.05) is 6.54 Å². The second-order valence-corrected chi connectivity index (χ2v) is 5.99. The lowest BCUT2D eigenvalue weighted by Crippen LogP contribution is -2.57. The summed E-state index contributed by atoms with van der Waals surface area (Å²) in [4.78, 5) is 14.0. The maximum atomic E-state index is 11.8. The Morgan fingerprint density at radius 1 is 1.29 bits per heavy atom. The van der Waals surface area contributed by atoms with Crippen molar-refractivity contribution in [2.45, 2.75) is 38.3 Å². The number of carbonyl (C=O) groups excluding carboxylic acids is 1. The predicted molar refractivity (Wildman–Crippen MR) is 79.3 cm³/mol. The molecule has 3 rings (SSSR count). The Balaban J connectivity index is 1.80. The summed E-state index contributed by atoms with van der Waals surface area (Å²) >= 11 is 0. The van der Waals surface area contributed by atoms with E-state index in [1.807, 2.05) is 25.1 Å². The molecule has 1 saturated heterocycles. The van der Waals surface area contributed by atoms with Crippen LogP contribution in [0.1, 0.15) is 31.7 Å². The lowest BCUT2D eigenvalue weighted by molar-refractivity contribution is -0.132. The first-order valence-electron chi connectivity index (χ1n) is 7.53. The van der Waals surface area contributed by atoms with Crippen LogP contribution in [-0.4, -0.2) is 36.1 Å². The van der Waals surface area contributed by atoms with Gasteiger partial charge in [-0.3, -0.25) is 9.69 Å². The first-order valence-corrected chi connectivity index (χ1v) is 7.53. The minimum Gasteiger partial charge on any atom is -0.486 e. The Bertz CT molecular complexity index is 546. The molecule has 21 heavy (non-hydrogen) atoms. The van der Waals surface area contributed by atoms with E-state index in [2.05, 4.69) is 4.90 Å². The summed E-state index contributed by atoms with van der Waals surface area (Å²) in [5.41, 5.74) is 6.20. The molecule has 2 aliphatic rings. The number of benzene rings is 1. The van der Waals surface area contributed by atoms with E-state index < -0.39 is 5.54 Å². The van der Waals surface area contributed by atoms with Gasteiger partial charge in [-0.25, -0.2) is 0 Å². The number of nitrogens with two attached hydrogens (primary N) is 1. The SMILES string of the molecule is CC1(C(N)=O)CCCCN1Cc1ccc2c(c1)OCCO2. The molecule has 1 amide bonds. The number of likely N-dealkylation sites (tertiary alicyclic amines) is 1. The van der Waals surface area contributed by atoms with E-state index in [4.69, 9.17) is 15.2 Å². The Morgan fingerprint density at radius 3 is 2.81 bits per heavy atom. The van der Waals surface area contributed by atoms with Crippen LogP contribution >= 0.6 is 0 Å². The van der Waals surface area contributed by atoms with Crippen LogP contribution in [0.2, 0.25) is 0 Å². The average Bonchev–Trinajstić information content (AvgIpc) is 2.49. The number of hydrogen-bond donors (Lipinski definition) is 1. The maximum absolute atomic E-state index is 11.8. The van der Waals surface area contributed by atoms with E-state index in [9.17, 15) is 4.79 Å². The van der Waals surface area contributed by atoms with Crippen molar-refractivity contribution < 1.29 is 14.3 Å². The molecule has 5 nitrogen and oxygen atoms in total. The highest BCUT2D eigenvalue weighted by atomic mass is 16.6. The van der Waals surface area contributed by atoms with Gasteiger partial charge in [-0.15, -0.1) is 0 Å². The molecular weight excluding hydrogens is 268 g/mol. The molecule has 1 aromatic rings. The van der Waals surface area contributed by atoms with Gasteiger partial charge >= 0.3 is 0 Å². The van der Waals surface area contributed by atoms with Crippen LogP contribution in [0.4, 0.5) is 0 Å². The van der Waals surface area contributed by atoms with E-state index in [0.717, 1.165) is 42.9 Å². The van der Waals surface area contributed by atoms with E-state index in [0.29, 0.717) is 19.8 Å². The molecule has 0 spiro atoms. The van der Waals surface area contributed by atoms with Crippen molar-refractivity contribution in [3.05, 3.63) is 23.8 Å². The zero-order chi connectivity index (χ0) is 14.9.